The smallest absolute Gasteiger partial charge is 0.226 e. The van der Waals surface area contributed by atoms with Crippen LogP contribution in [-0.4, -0.2) is 28.1 Å². The molecule has 2 aromatic rings. The Balaban J connectivity index is 1.53. The Morgan fingerprint density at radius 1 is 1.17 bits per heavy atom. The molecule has 0 radical (unpaired) electrons. The van der Waals surface area contributed by atoms with Crippen molar-refractivity contribution < 1.29 is 14.3 Å². The van der Waals surface area contributed by atoms with Gasteiger partial charge in [-0.3, -0.25) is 4.79 Å². The highest BCUT2D eigenvalue weighted by molar-refractivity contribution is 5.78. The third-order valence-electron chi connectivity index (χ3n) is 4.56. The summed E-state index contributed by atoms with van der Waals surface area (Å²) < 4.78 is 5.44. The van der Waals surface area contributed by atoms with Crippen LogP contribution in [0.25, 0.3) is 11.5 Å². The van der Waals surface area contributed by atoms with Crippen LogP contribution in [0.3, 0.4) is 0 Å². The Kier molecular flexibility index (Phi) is 5.30. The minimum absolute atomic E-state index is 0.138. The van der Waals surface area contributed by atoms with E-state index in [1.807, 2.05) is 30.3 Å². The minimum atomic E-state index is -0.759. The highest BCUT2D eigenvalue weighted by atomic mass is 16.3. The van der Waals surface area contributed by atoms with Gasteiger partial charge >= 0.3 is 0 Å². The first kappa shape index (κ1) is 16.7. The molecule has 1 aromatic carbocycles. The number of benzene rings is 1. The maximum absolute atomic E-state index is 12.1. The lowest BCUT2D eigenvalue weighted by atomic mass is 9.94. The molecule has 0 spiro atoms. The third-order valence-corrected chi connectivity index (χ3v) is 4.56. The van der Waals surface area contributed by atoms with Crippen LogP contribution in [0.15, 0.2) is 41.0 Å². The number of carbonyl (C=O) groups excluding carboxylic acids is 1. The molecule has 0 unspecified atom stereocenters. The second kappa shape index (κ2) is 7.62. The first-order chi connectivity index (χ1) is 11.6. The van der Waals surface area contributed by atoms with Crippen molar-refractivity contribution in [1.82, 2.24) is 10.3 Å². The first-order valence-electron chi connectivity index (χ1n) is 8.64. The summed E-state index contributed by atoms with van der Waals surface area (Å²) in [6.45, 7) is 0.315. The molecule has 24 heavy (non-hydrogen) atoms. The van der Waals surface area contributed by atoms with Gasteiger partial charge in [0, 0.05) is 12.1 Å². The predicted molar refractivity (Wildman–Crippen MR) is 91.3 cm³/mol. The van der Waals surface area contributed by atoms with Gasteiger partial charge in [0.05, 0.1) is 17.7 Å². The second-order valence-electron chi connectivity index (χ2n) is 6.60. The molecule has 1 amide bonds. The number of rotatable bonds is 5. The Morgan fingerprint density at radius 2 is 1.88 bits per heavy atom. The van der Waals surface area contributed by atoms with Gasteiger partial charge in [0.25, 0.3) is 0 Å². The summed E-state index contributed by atoms with van der Waals surface area (Å²) in [4.78, 5) is 16.5. The summed E-state index contributed by atoms with van der Waals surface area (Å²) >= 11 is 0. The molecule has 1 fully saturated rings. The van der Waals surface area contributed by atoms with Crippen LogP contribution in [0.4, 0.5) is 0 Å². The van der Waals surface area contributed by atoms with E-state index in [-0.39, 0.29) is 12.3 Å². The first-order valence-corrected chi connectivity index (χ1v) is 8.64. The molecule has 1 heterocycles. The van der Waals surface area contributed by atoms with Crippen LogP contribution in [-0.2, 0) is 11.2 Å². The molecule has 0 saturated heterocycles. The predicted octanol–water partition coefficient (Wildman–Crippen LogP) is 3.09. The van der Waals surface area contributed by atoms with Crippen LogP contribution in [0.1, 0.15) is 44.2 Å². The minimum Gasteiger partial charge on any atom is -0.444 e. The molecule has 3 rings (SSSR count). The van der Waals surface area contributed by atoms with Gasteiger partial charge in [-0.05, 0) is 25.0 Å². The van der Waals surface area contributed by atoms with Gasteiger partial charge < -0.3 is 14.8 Å². The van der Waals surface area contributed by atoms with Crippen molar-refractivity contribution in [2.45, 2.75) is 50.5 Å². The second-order valence-corrected chi connectivity index (χ2v) is 6.60. The summed E-state index contributed by atoms with van der Waals surface area (Å²) in [7, 11) is 0. The normalized spacial score (nSPS) is 17.2. The number of aromatic nitrogens is 1. The zero-order chi connectivity index (χ0) is 16.8. The van der Waals surface area contributed by atoms with E-state index in [0.717, 1.165) is 44.1 Å². The number of carbonyl (C=O) groups is 1. The Hall–Kier alpha value is -2.14. The SMILES string of the molecule is O=C(Cc1coc(-c2ccccc2)n1)NCC1(O)CCCCCC1. The summed E-state index contributed by atoms with van der Waals surface area (Å²) in [5.74, 6) is 0.376. The van der Waals surface area contributed by atoms with E-state index in [2.05, 4.69) is 10.3 Å². The fourth-order valence-corrected chi connectivity index (χ4v) is 3.16. The van der Waals surface area contributed by atoms with Crippen molar-refractivity contribution in [3.05, 3.63) is 42.3 Å². The van der Waals surface area contributed by atoms with E-state index in [1.165, 1.54) is 6.26 Å². The van der Waals surface area contributed by atoms with E-state index in [4.69, 9.17) is 4.42 Å². The van der Waals surface area contributed by atoms with E-state index < -0.39 is 5.60 Å². The van der Waals surface area contributed by atoms with E-state index >= 15 is 0 Å². The van der Waals surface area contributed by atoms with Crippen LogP contribution in [0, 0.1) is 0 Å². The average Bonchev–Trinajstić information content (AvgIpc) is 2.95. The Morgan fingerprint density at radius 3 is 2.58 bits per heavy atom. The van der Waals surface area contributed by atoms with Crippen molar-refractivity contribution >= 4 is 5.91 Å². The largest absolute Gasteiger partial charge is 0.444 e. The number of oxazole rings is 1. The van der Waals surface area contributed by atoms with E-state index in [9.17, 15) is 9.90 Å². The molecule has 5 heteroatoms. The van der Waals surface area contributed by atoms with Crippen molar-refractivity contribution in [3.63, 3.8) is 0 Å². The zero-order valence-electron chi connectivity index (χ0n) is 13.8. The number of nitrogens with one attached hydrogen (secondary N) is 1. The van der Waals surface area contributed by atoms with Crippen molar-refractivity contribution in [2.24, 2.45) is 0 Å². The van der Waals surface area contributed by atoms with Gasteiger partial charge in [-0.25, -0.2) is 4.98 Å². The number of hydrogen-bond donors (Lipinski definition) is 2. The molecule has 128 valence electrons. The van der Waals surface area contributed by atoms with Gasteiger partial charge in [0.2, 0.25) is 11.8 Å². The van der Waals surface area contributed by atoms with Crippen LogP contribution in [0.5, 0.6) is 0 Å². The van der Waals surface area contributed by atoms with E-state index in [0.29, 0.717) is 18.1 Å². The fourth-order valence-electron chi connectivity index (χ4n) is 3.16. The maximum Gasteiger partial charge on any atom is 0.226 e. The van der Waals surface area contributed by atoms with E-state index in [1.54, 1.807) is 0 Å². The fraction of sp³-hybridized carbons (Fsp3) is 0.474. The lowest BCUT2D eigenvalue weighted by Gasteiger charge is -2.26. The summed E-state index contributed by atoms with van der Waals surface area (Å²) in [6.07, 6.45) is 7.57. The number of nitrogens with zero attached hydrogens (tertiary/aromatic N) is 1. The number of amides is 1. The lowest BCUT2D eigenvalue weighted by molar-refractivity contribution is -0.121. The number of hydrogen-bond acceptors (Lipinski definition) is 4. The topological polar surface area (TPSA) is 75.4 Å². The molecule has 0 atom stereocenters. The summed E-state index contributed by atoms with van der Waals surface area (Å²) in [6, 6.07) is 9.59. The molecule has 1 aromatic heterocycles. The van der Waals surface area contributed by atoms with Crippen LogP contribution in [0.2, 0.25) is 0 Å². The number of aliphatic hydroxyl groups is 1. The van der Waals surface area contributed by atoms with Crippen LogP contribution < -0.4 is 5.32 Å². The molecular formula is C19H24N2O3. The van der Waals surface area contributed by atoms with Gasteiger partial charge in [0.1, 0.15) is 6.26 Å². The lowest BCUT2D eigenvalue weighted by Crippen LogP contribution is -2.43. The monoisotopic (exact) mass is 328 g/mol. The third kappa shape index (κ3) is 4.45. The molecule has 0 bridgehead atoms. The zero-order valence-corrected chi connectivity index (χ0v) is 13.8. The summed E-state index contributed by atoms with van der Waals surface area (Å²) in [5, 5.41) is 13.4. The quantitative estimate of drug-likeness (QED) is 0.827. The molecular weight excluding hydrogens is 304 g/mol. The van der Waals surface area contributed by atoms with Gasteiger partial charge in [-0.2, -0.15) is 0 Å². The van der Waals surface area contributed by atoms with Gasteiger partial charge in [-0.15, -0.1) is 0 Å². The van der Waals surface area contributed by atoms with Crippen LogP contribution >= 0.6 is 0 Å². The highest BCUT2D eigenvalue weighted by Gasteiger charge is 2.28. The van der Waals surface area contributed by atoms with Gasteiger partial charge in [0.15, 0.2) is 0 Å². The highest BCUT2D eigenvalue weighted by Crippen LogP contribution is 2.26. The average molecular weight is 328 g/mol. The standard InChI is InChI=1S/C19H24N2O3/c22-17(20-14-19(23)10-6-1-2-7-11-19)12-16-13-24-18(21-16)15-8-4-3-5-9-15/h3-5,8-9,13,23H,1-2,6-7,10-12,14H2,(H,20,22). The molecule has 1 aliphatic rings. The van der Waals surface area contributed by atoms with Gasteiger partial charge in [-0.1, -0.05) is 43.9 Å². The molecule has 0 aliphatic heterocycles. The Labute approximate surface area is 142 Å². The molecule has 1 saturated carbocycles. The molecule has 5 nitrogen and oxygen atoms in total. The van der Waals surface area contributed by atoms with Crippen molar-refractivity contribution in [3.8, 4) is 11.5 Å². The summed E-state index contributed by atoms with van der Waals surface area (Å²) in [5.41, 5.74) is 0.724. The van der Waals surface area contributed by atoms with Crippen molar-refractivity contribution in [1.29, 1.82) is 0 Å². The van der Waals surface area contributed by atoms with Crippen molar-refractivity contribution in [2.75, 3.05) is 6.54 Å². The molecule has 2 N–H and O–H groups in total. The maximum atomic E-state index is 12.1. The molecule has 1 aliphatic carbocycles. The Bertz CT molecular complexity index is 658.